The molecular formula is C25H22F3N5O2S. The van der Waals surface area contributed by atoms with Crippen molar-refractivity contribution in [3.8, 4) is 11.3 Å². The van der Waals surface area contributed by atoms with E-state index in [-0.39, 0.29) is 11.4 Å². The molecule has 4 aromatic rings. The predicted molar refractivity (Wildman–Crippen MR) is 131 cm³/mol. The number of carbonyl (C=O) groups is 1. The van der Waals surface area contributed by atoms with Gasteiger partial charge in [-0.15, -0.1) is 11.3 Å². The van der Waals surface area contributed by atoms with Crippen LogP contribution in [0, 0.1) is 0 Å². The van der Waals surface area contributed by atoms with Gasteiger partial charge in [0.15, 0.2) is 5.76 Å². The van der Waals surface area contributed by atoms with Crippen LogP contribution in [0.2, 0.25) is 0 Å². The largest absolute Gasteiger partial charge is 0.451 e. The van der Waals surface area contributed by atoms with Crippen LogP contribution in [0.1, 0.15) is 21.0 Å². The average molecular weight is 514 g/mol. The van der Waals surface area contributed by atoms with E-state index in [1.54, 1.807) is 47.4 Å². The van der Waals surface area contributed by atoms with Crippen LogP contribution in [0.25, 0.3) is 11.3 Å². The Balaban J connectivity index is 1.34. The second-order valence-electron chi connectivity index (χ2n) is 8.31. The molecule has 7 nitrogen and oxygen atoms in total. The molecule has 1 fully saturated rings. The van der Waals surface area contributed by atoms with Crippen LogP contribution in [-0.2, 0) is 12.7 Å². The summed E-state index contributed by atoms with van der Waals surface area (Å²) in [6.45, 7) is 3.48. The zero-order valence-electron chi connectivity index (χ0n) is 19.0. The molecule has 36 heavy (non-hydrogen) atoms. The maximum absolute atomic E-state index is 13.5. The summed E-state index contributed by atoms with van der Waals surface area (Å²) in [7, 11) is 0. The van der Waals surface area contributed by atoms with Crippen LogP contribution in [-0.4, -0.2) is 47.0 Å². The van der Waals surface area contributed by atoms with Gasteiger partial charge < -0.3 is 14.6 Å². The van der Waals surface area contributed by atoms with Gasteiger partial charge in [0.2, 0.25) is 0 Å². The van der Waals surface area contributed by atoms with Gasteiger partial charge >= 0.3 is 6.18 Å². The van der Waals surface area contributed by atoms with Gasteiger partial charge in [-0.05, 0) is 42.5 Å². The number of hydrogen-bond donors (Lipinski definition) is 1. The number of nitrogens with zero attached hydrogens (tertiary/aromatic N) is 4. The number of halogens is 3. The Bertz CT molecular complexity index is 1320. The predicted octanol–water partition coefficient (Wildman–Crippen LogP) is 5.39. The molecule has 11 heteroatoms. The first-order valence-electron chi connectivity index (χ1n) is 11.2. The van der Waals surface area contributed by atoms with E-state index in [2.05, 4.69) is 20.2 Å². The quantitative estimate of drug-likeness (QED) is 0.373. The van der Waals surface area contributed by atoms with Crippen molar-refractivity contribution in [2.45, 2.75) is 12.7 Å². The van der Waals surface area contributed by atoms with Gasteiger partial charge in [-0.2, -0.15) is 13.2 Å². The van der Waals surface area contributed by atoms with Crippen molar-refractivity contribution in [1.29, 1.82) is 0 Å². The number of alkyl halides is 3. The molecule has 1 N–H and O–H groups in total. The molecule has 1 aliphatic heterocycles. The number of pyridine rings is 1. The lowest BCUT2D eigenvalue weighted by Gasteiger charge is -2.36. The van der Waals surface area contributed by atoms with E-state index in [0.29, 0.717) is 24.5 Å². The lowest BCUT2D eigenvalue weighted by Crippen LogP contribution is -2.46. The molecular weight excluding hydrogens is 491 g/mol. The summed E-state index contributed by atoms with van der Waals surface area (Å²) < 4.78 is 46.1. The van der Waals surface area contributed by atoms with E-state index < -0.39 is 17.6 Å². The molecule has 0 saturated carbocycles. The van der Waals surface area contributed by atoms with Gasteiger partial charge in [0, 0.05) is 61.8 Å². The maximum Gasteiger partial charge on any atom is 0.416 e. The minimum atomic E-state index is -4.54. The Hall–Kier alpha value is -3.70. The number of hydrogen-bond acceptors (Lipinski definition) is 7. The number of aromatic nitrogens is 2. The van der Waals surface area contributed by atoms with Gasteiger partial charge in [0.1, 0.15) is 5.76 Å². The van der Waals surface area contributed by atoms with Crippen LogP contribution in [0.3, 0.4) is 0 Å². The van der Waals surface area contributed by atoms with E-state index in [9.17, 15) is 18.0 Å². The van der Waals surface area contributed by atoms with E-state index in [0.717, 1.165) is 42.2 Å². The summed E-state index contributed by atoms with van der Waals surface area (Å²) in [4.78, 5) is 26.4. The first-order chi connectivity index (χ1) is 17.4. The van der Waals surface area contributed by atoms with Crippen LogP contribution in [0.5, 0.6) is 0 Å². The number of thiazole rings is 1. The van der Waals surface area contributed by atoms with E-state index in [1.165, 1.54) is 12.1 Å². The molecule has 1 saturated heterocycles. The monoisotopic (exact) mass is 513 g/mol. The molecule has 1 aromatic carbocycles. The Labute approximate surface area is 209 Å². The Morgan fingerprint density at radius 1 is 1.03 bits per heavy atom. The molecule has 0 unspecified atom stereocenters. The van der Waals surface area contributed by atoms with Crippen molar-refractivity contribution >= 4 is 28.6 Å². The van der Waals surface area contributed by atoms with Crippen LogP contribution < -0.4 is 10.2 Å². The number of furan rings is 1. The average Bonchev–Trinajstić information content (AvgIpc) is 3.57. The topological polar surface area (TPSA) is 74.5 Å². The fourth-order valence-corrected chi connectivity index (χ4v) is 4.73. The highest BCUT2D eigenvalue weighted by molar-refractivity contribution is 7.09. The van der Waals surface area contributed by atoms with E-state index in [4.69, 9.17) is 4.42 Å². The molecule has 0 aliphatic carbocycles. The van der Waals surface area contributed by atoms with Crippen molar-refractivity contribution in [3.63, 3.8) is 0 Å². The smallest absolute Gasteiger partial charge is 0.416 e. The summed E-state index contributed by atoms with van der Waals surface area (Å²) in [5, 5.41) is 2.64. The summed E-state index contributed by atoms with van der Waals surface area (Å²) in [5.41, 5.74) is 2.33. The molecule has 186 valence electrons. The Morgan fingerprint density at radius 2 is 1.81 bits per heavy atom. The lowest BCUT2D eigenvalue weighted by molar-refractivity contribution is -0.137. The number of benzene rings is 1. The number of rotatable bonds is 6. The fraction of sp³-hybridized carbons (Fsp3) is 0.240. The summed E-state index contributed by atoms with van der Waals surface area (Å²) in [6.07, 6.45) is 0.507. The maximum atomic E-state index is 13.5. The molecule has 0 spiro atoms. The first-order valence-corrected chi connectivity index (χ1v) is 12.1. The van der Waals surface area contributed by atoms with Crippen LogP contribution in [0.15, 0.2) is 71.0 Å². The third kappa shape index (κ3) is 5.42. The Morgan fingerprint density at radius 3 is 2.50 bits per heavy atom. The summed E-state index contributed by atoms with van der Waals surface area (Å²) in [5.74, 6) is -0.164. The minimum absolute atomic E-state index is 0.000416. The second-order valence-corrected chi connectivity index (χ2v) is 9.29. The number of amides is 1. The third-order valence-corrected chi connectivity index (χ3v) is 6.71. The molecule has 1 amide bonds. The number of nitrogens with one attached hydrogen (secondary N) is 1. The highest BCUT2D eigenvalue weighted by Crippen LogP contribution is 2.36. The number of carbonyl (C=O) groups excluding carboxylic acids is 1. The van der Waals surface area contributed by atoms with Gasteiger partial charge in [-0.1, -0.05) is 0 Å². The Kier molecular flexibility index (Phi) is 6.75. The molecule has 4 heterocycles. The van der Waals surface area contributed by atoms with Gasteiger partial charge in [0.05, 0.1) is 22.4 Å². The third-order valence-electron chi connectivity index (χ3n) is 5.94. The molecule has 0 bridgehead atoms. The number of piperazine rings is 1. The zero-order chi connectivity index (χ0) is 25.1. The van der Waals surface area contributed by atoms with Crippen LogP contribution in [0.4, 0.5) is 24.5 Å². The SMILES string of the molecule is O=C(Nc1cc(C(F)(F)F)ccc1N1CCN(Cc2cncs2)CC1)c1ccc(-c2ccncc2)o1. The standard InChI is InChI=1S/C25H22F3N5O2S/c26-25(27,28)18-1-2-21(33-11-9-32(10-12-33)15-19-14-30-16-36-19)20(13-18)31-24(34)23-4-3-22(35-23)17-5-7-29-8-6-17/h1-8,13-14,16H,9-12,15H2,(H,31,34). The van der Waals surface area contributed by atoms with E-state index >= 15 is 0 Å². The molecule has 0 radical (unpaired) electrons. The van der Waals surface area contributed by atoms with Crippen molar-refractivity contribution < 1.29 is 22.4 Å². The highest BCUT2D eigenvalue weighted by atomic mass is 32.1. The van der Waals surface area contributed by atoms with Crippen molar-refractivity contribution in [3.05, 3.63) is 82.8 Å². The zero-order valence-corrected chi connectivity index (χ0v) is 19.9. The highest BCUT2D eigenvalue weighted by Gasteiger charge is 2.32. The van der Waals surface area contributed by atoms with Crippen LogP contribution >= 0.6 is 11.3 Å². The number of anilines is 2. The lowest BCUT2D eigenvalue weighted by atomic mass is 10.1. The van der Waals surface area contributed by atoms with Crippen molar-refractivity contribution in [2.24, 2.45) is 0 Å². The first kappa shape index (κ1) is 24.0. The molecule has 3 aromatic heterocycles. The van der Waals surface area contributed by atoms with E-state index in [1.807, 2.05) is 11.1 Å². The minimum Gasteiger partial charge on any atom is -0.451 e. The fourth-order valence-electron chi connectivity index (χ4n) is 4.09. The van der Waals surface area contributed by atoms with Gasteiger partial charge in [-0.25, -0.2) is 0 Å². The normalized spacial score (nSPS) is 14.7. The van der Waals surface area contributed by atoms with Crippen molar-refractivity contribution in [2.75, 3.05) is 36.4 Å². The van der Waals surface area contributed by atoms with Gasteiger partial charge in [0.25, 0.3) is 5.91 Å². The van der Waals surface area contributed by atoms with Gasteiger partial charge in [-0.3, -0.25) is 19.7 Å². The molecule has 1 aliphatic rings. The molecule has 0 atom stereocenters. The summed E-state index contributed by atoms with van der Waals surface area (Å²) in [6, 6.07) is 10.0. The molecule has 5 rings (SSSR count). The second kappa shape index (κ2) is 10.1. The summed E-state index contributed by atoms with van der Waals surface area (Å²) >= 11 is 1.59. The van der Waals surface area contributed by atoms with Crippen molar-refractivity contribution in [1.82, 2.24) is 14.9 Å².